The van der Waals surface area contributed by atoms with Gasteiger partial charge in [-0.15, -0.1) is 11.8 Å². The van der Waals surface area contributed by atoms with E-state index in [9.17, 15) is 4.79 Å². The molecule has 0 bridgehead atoms. The SMILES string of the molecule is Cc1ccc(CSCC(=O)N/N=C\c2cc(C)n(-c3ccccc3Br)c2C)cc1. The van der Waals surface area contributed by atoms with Gasteiger partial charge < -0.3 is 4.57 Å². The Balaban J connectivity index is 1.56. The van der Waals surface area contributed by atoms with Gasteiger partial charge in [-0.1, -0.05) is 42.0 Å². The lowest BCUT2D eigenvalue weighted by Gasteiger charge is -2.11. The predicted molar refractivity (Wildman–Crippen MR) is 126 cm³/mol. The van der Waals surface area contributed by atoms with Crippen LogP contribution in [0.15, 0.2) is 64.2 Å². The molecule has 3 aromatic rings. The van der Waals surface area contributed by atoms with Crippen molar-refractivity contribution < 1.29 is 4.79 Å². The Hall–Kier alpha value is -2.31. The highest BCUT2D eigenvalue weighted by Gasteiger charge is 2.11. The van der Waals surface area contributed by atoms with Crippen molar-refractivity contribution in [1.82, 2.24) is 9.99 Å². The lowest BCUT2D eigenvalue weighted by atomic mass is 10.2. The average molecular weight is 470 g/mol. The summed E-state index contributed by atoms with van der Waals surface area (Å²) >= 11 is 5.19. The van der Waals surface area contributed by atoms with Crippen LogP contribution >= 0.6 is 27.7 Å². The van der Waals surface area contributed by atoms with E-state index in [1.807, 2.05) is 25.1 Å². The van der Waals surface area contributed by atoms with E-state index in [2.05, 4.69) is 81.3 Å². The minimum atomic E-state index is -0.0991. The van der Waals surface area contributed by atoms with Crippen molar-refractivity contribution in [3.05, 3.63) is 87.1 Å². The van der Waals surface area contributed by atoms with Crippen LogP contribution < -0.4 is 5.43 Å². The Morgan fingerprint density at radius 1 is 1.14 bits per heavy atom. The molecular weight excluding hydrogens is 446 g/mol. The van der Waals surface area contributed by atoms with Crippen LogP contribution in [0.3, 0.4) is 0 Å². The molecule has 0 saturated carbocycles. The maximum Gasteiger partial charge on any atom is 0.250 e. The van der Waals surface area contributed by atoms with E-state index in [1.54, 1.807) is 18.0 Å². The number of carbonyl (C=O) groups is 1. The summed E-state index contributed by atoms with van der Waals surface area (Å²) in [5.41, 5.74) is 9.32. The molecule has 0 spiro atoms. The Morgan fingerprint density at radius 2 is 1.86 bits per heavy atom. The van der Waals surface area contributed by atoms with Crippen LogP contribution in [0.25, 0.3) is 5.69 Å². The summed E-state index contributed by atoms with van der Waals surface area (Å²) in [5, 5.41) is 4.15. The summed E-state index contributed by atoms with van der Waals surface area (Å²) in [6.45, 7) is 6.18. The normalized spacial score (nSPS) is 11.2. The first-order chi connectivity index (χ1) is 14.0. The number of aromatic nitrogens is 1. The Kier molecular flexibility index (Phi) is 7.34. The number of hydrogen-bond acceptors (Lipinski definition) is 3. The predicted octanol–water partition coefficient (Wildman–Crippen LogP) is 5.55. The van der Waals surface area contributed by atoms with E-state index in [-0.39, 0.29) is 5.91 Å². The number of carbonyl (C=O) groups excluding carboxylic acids is 1. The number of nitrogens with one attached hydrogen (secondary N) is 1. The second kappa shape index (κ2) is 9.94. The van der Waals surface area contributed by atoms with Crippen molar-refractivity contribution in [2.75, 3.05) is 5.75 Å². The summed E-state index contributed by atoms with van der Waals surface area (Å²) in [4.78, 5) is 12.0. The molecule has 1 aromatic heterocycles. The van der Waals surface area contributed by atoms with Crippen LogP contribution in [0.1, 0.15) is 28.1 Å². The van der Waals surface area contributed by atoms with E-state index in [0.717, 1.165) is 32.9 Å². The highest BCUT2D eigenvalue weighted by molar-refractivity contribution is 9.10. The zero-order valence-corrected chi connectivity index (χ0v) is 19.2. The highest BCUT2D eigenvalue weighted by Crippen LogP contribution is 2.26. The van der Waals surface area contributed by atoms with Crippen molar-refractivity contribution in [1.29, 1.82) is 0 Å². The van der Waals surface area contributed by atoms with Crippen molar-refractivity contribution in [2.24, 2.45) is 5.10 Å². The van der Waals surface area contributed by atoms with Crippen molar-refractivity contribution in [2.45, 2.75) is 26.5 Å². The molecule has 0 fully saturated rings. The van der Waals surface area contributed by atoms with Crippen molar-refractivity contribution in [3.63, 3.8) is 0 Å². The molecule has 0 saturated heterocycles. The molecule has 0 unspecified atom stereocenters. The summed E-state index contributed by atoms with van der Waals surface area (Å²) in [7, 11) is 0. The maximum absolute atomic E-state index is 12.0. The number of nitrogens with zero attached hydrogens (tertiary/aromatic N) is 2. The topological polar surface area (TPSA) is 46.4 Å². The standard InChI is InChI=1S/C23H24BrN3OS/c1-16-8-10-19(11-9-16)14-29-15-23(28)26-25-13-20-12-17(2)27(18(20)3)22-7-5-4-6-21(22)24/h4-13H,14-15H2,1-3H3,(H,26,28)/b25-13-. The third-order valence-electron chi connectivity index (χ3n) is 4.58. The van der Waals surface area contributed by atoms with Crippen LogP contribution in [0.5, 0.6) is 0 Å². The molecule has 29 heavy (non-hydrogen) atoms. The maximum atomic E-state index is 12.0. The zero-order chi connectivity index (χ0) is 20.8. The first-order valence-corrected chi connectivity index (χ1v) is 11.3. The molecule has 1 amide bonds. The van der Waals surface area contributed by atoms with Crippen LogP contribution in [-0.2, 0) is 10.5 Å². The van der Waals surface area contributed by atoms with Gasteiger partial charge in [-0.2, -0.15) is 5.10 Å². The molecular formula is C23H24BrN3OS. The quantitative estimate of drug-likeness (QED) is 0.364. The molecule has 0 aliphatic heterocycles. The van der Waals surface area contributed by atoms with E-state index in [4.69, 9.17) is 0 Å². The summed E-state index contributed by atoms with van der Waals surface area (Å²) in [5.74, 6) is 1.09. The number of para-hydroxylation sites is 1. The third kappa shape index (κ3) is 5.61. The Bertz CT molecular complexity index is 1030. The number of hydrogen-bond donors (Lipinski definition) is 1. The number of benzene rings is 2. The van der Waals surface area contributed by atoms with Gasteiger partial charge in [-0.3, -0.25) is 4.79 Å². The smallest absolute Gasteiger partial charge is 0.250 e. The van der Waals surface area contributed by atoms with Crippen LogP contribution in [0.2, 0.25) is 0 Å². The molecule has 2 aromatic carbocycles. The first-order valence-electron chi connectivity index (χ1n) is 9.34. The lowest BCUT2D eigenvalue weighted by molar-refractivity contribution is -0.118. The number of halogens is 1. The van der Waals surface area contributed by atoms with Crippen LogP contribution in [-0.4, -0.2) is 22.4 Å². The molecule has 150 valence electrons. The van der Waals surface area contributed by atoms with Gasteiger partial charge in [-0.05, 0) is 60.5 Å². The van der Waals surface area contributed by atoms with Gasteiger partial charge in [0.25, 0.3) is 0 Å². The molecule has 3 rings (SSSR count). The van der Waals surface area contributed by atoms with Crippen molar-refractivity contribution >= 4 is 39.8 Å². The Labute approximate surface area is 184 Å². The van der Waals surface area contributed by atoms with Gasteiger partial charge in [0.15, 0.2) is 0 Å². The number of thioether (sulfide) groups is 1. The fraction of sp³-hybridized carbons (Fsp3) is 0.217. The third-order valence-corrected chi connectivity index (χ3v) is 6.25. The average Bonchev–Trinajstić information content (AvgIpc) is 2.97. The van der Waals surface area contributed by atoms with Gasteiger partial charge in [0, 0.05) is 27.2 Å². The largest absolute Gasteiger partial charge is 0.317 e. The van der Waals surface area contributed by atoms with Gasteiger partial charge in [-0.25, -0.2) is 5.43 Å². The van der Waals surface area contributed by atoms with Gasteiger partial charge in [0.1, 0.15) is 0 Å². The second-order valence-corrected chi connectivity index (χ2v) is 8.72. The molecule has 0 aliphatic rings. The molecule has 1 heterocycles. The minimum Gasteiger partial charge on any atom is -0.317 e. The van der Waals surface area contributed by atoms with Gasteiger partial charge in [0.2, 0.25) is 5.91 Å². The number of rotatable bonds is 7. The van der Waals surface area contributed by atoms with Crippen molar-refractivity contribution in [3.8, 4) is 5.69 Å². The molecule has 0 aliphatic carbocycles. The van der Waals surface area contributed by atoms with E-state index in [0.29, 0.717) is 5.75 Å². The number of amides is 1. The van der Waals surface area contributed by atoms with Gasteiger partial charge in [0.05, 0.1) is 17.7 Å². The van der Waals surface area contributed by atoms with E-state index >= 15 is 0 Å². The number of hydrazone groups is 1. The second-order valence-electron chi connectivity index (χ2n) is 6.88. The lowest BCUT2D eigenvalue weighted by Crippen LogP contribution is -2.19. The highest BCUT2D eigenvalue weighted by atomic mass is 79.9. The summed E-state index contributed by atoms with van der Waals surface area (Å²) < 4.78 is 3.20. The number of aryl methyl sites for hydroxylation is 2. The fourth-order valence-corrected chi connectivity index (χ4v) is 4.32. The zero-order valence-electron chi connectivity index (χ0n) is 16.8. The first kappa shape index (κ1) is 21.4. The van der Waals surface area contributed by atoms with E-state index in [1.165, 1.54) is 11.1 Å². The summed E-state index contributed by atoms with van der Waals surface area (Å²) in [6, 6.07) is 18.5. The monoisotopic (exact) mass is 469 g/mol. The molecule has 4 nitrogen and oxygen atoms in total. The molecule has 0 radical (unpaired) electrons. The van der Waals surface area contributed by atoms with Gasteiger partial charge >= 0.3 is 0 Å². The summed E-state index contributed by atoms with van der Waals surface area (Å²) in [6.07, 6.45) is 1.71. The minimum absolute atomic E-state index is 0.0991. The molecule has 0 atom stereocenters. The molecule has 1 N–H and O–H groups in total. The fourth-order valence-electron chi connectivity index (χ4n) is 3.07. The molecule has 6 heteroatoms. The van der Waals surface area contributed by atoms with Crippen LogP contribution in [0.4, 0.5) is 0 Å². The van der Waals surface area contributed by atoms with Crippen LogP contribution in [0, 0.1) is 20.8 Å². The Morgan fingerprint density at radius 3 is 2.59 bits per heavy atom. The van der Waals surface area contributed by atoms with E-state index < -0.39 is 0 Å².